The zero-order chi connectivity index (χ0) is 23.1. The summed E-state index contributed by atoms with van der Waals surface area (Å²) in [5, 5.41) is 24.8. The van der Waals surface area contributed by atoms with Gasteiger partial charge in [-0.2, -0.15) is 0 Å². The van der Waals surface area contributed by atoms with Crippen LogP contribution in [0.25, 0.3) is 54.6 Å². The second-order valence-electron chi connectivity index (χ2n) is 8.01. The fourth-order valence-corrected chi connectivity index (χ4v) is 4.75. The van der Waals surface area contributed by atoms with Crippen molar-refractivity contribution in [3.63, 3.8) is 0 Å². The minimum Gasteiger partial charge on any atom is -0.491 e. The topological polar surface area (TPSA) is 85.2 Å². The van der Waals surface area contributed by atoms with Gasteiger partial charge in [-0.05, 0) is 47.2 Å². The average Bonchev–Trinajstić information content (AvgIpc) is 3.55. The van der Waals surface area contributed by atoms with Crippen LogP contribution in [0.1, 0.15) is 0 Å². The molecule has 0 aliphatic rings. The summed E-state index contributed by atoms with van der Waals surface area (Å²) in [6.07, 6.45) is 3.35. The van der Waals surface area contributed by atoms with E-state index in [9.17, 15) is 10.2 Å². The molecule has 6 aromatic rings. The summed E-state index contributed by atoms with van der Waals surface area (Å²) in [5.74, 6) is 1.24. The average molecular weight is 454 g/mol. The molecule has 0 amide bonds. The van der Waals surface area contributed by atoms with Crippen LogP contribution in [0.2, 0.25) is 0 Å². The van der Waals surface area contributed by atoms with Crippen LogP contribution in [-0.2, 0) is 0 Å². The van der Waals surface area contributed by atoms with E-state index in [1.54, 1.807) is 12.5 Å². The number of furan rings is 2. The lowest BCUT2D eigenvalue weighted by atomic mass is 9.89. The molecule has 0 spiro atoms. The van der Waals surface area contributed by atoms with Gasteiger partial charge in [0.1, 0.15) is 35.9 Å². The summed E-state index contributed by atoms with van der Waals surface area (Å²) in [6, 6.07) is 19.7. The molecule has 0 bridgehead atoms. The van der Waals surface area contributed by atoms with Crippen molar-refractivity contribution >= 4 is 43.5 Å². The number of ether oxygens (including phenoxy) is 2. The van der Waals surface area contributed by atoms with E-state index in [4.69, 9.17) is 18.3 Å². The molecule has 6 heteroatoms. The fraction of sp³-hybridized carbons (Fsp3) is 0.143. The molecular weight excluding hydrogens is 432 g/mol. The van der Waals surface area contributed by atoms with Gasteiger partial charge in [0.15, 0.2) is 0 Å². The molecule has 0 radical (unpaired) electrons. The van der Waals surface area contributed by atoms with Gasteiger partial charge in [0.25, 0.3) is 0 Å². The summed E-state index contributed by atoms with van der Waals surface area (Å²) < 4.78 is 23.6. The Hall–Kier alpha value is -4.00. The van der Waals surface area contributed by atoms with Crippen molar-refractivity contribution in [2.75, 3.05) is 26.4 Å². The number of hydrogen-bond donors (Lipinski definition) is 2. The maximum atomic E-state index is 9.49. The van der Waals surface area contributed by atoms with Crippen molar-refractivity contribution in [1.82, 2.24) is 0 Å². The molecule has 2 heterocycles. The molecule has 0 fully saturated rings. The van der Waals surface area contributed by atoms with Gasteiger partial charge in [0.05, 0.1) is 25.7 Å². The summed E-state index contributed by atoms with van der Waals surface area (Å²) in [5.41, 5.74) is 3.20. The molecule has 4 aromatic carbocycles. The van der Waals surface area contributed by atoms with Crippen LogP contribution in [0.3, 0.4) is 0 Å². The first-order valence-corrected chi connectivity index (χ1v) is 11.1. The van der Waals surface area contributed by atoms with Crippen molar-refractivity contribution in [3.05, 3.63) is 73.2 Å². The molecule has 0 aliphatic carbocycles. The molecule has 2 N–H and O–H groups in total. The van der Waals surface area contributed by atoms with E-state index < -0.39 is 0 Å². The molecule has 6 rings (SSSR count). The third kappa shape index (κ3) is 3.19. The number of benzene rings is 4. The van der Waals surface area contributed by atoms with Gasteiger partial charge in [0.2, 0.25) is 0 Å². The lowest BCUT2D eigenvalue weighted by Gasteiger charge is -2.20. The monoisotopic (exact) mass is 454 g/mol. The number of rotatable bonds is 7. The van der Waals surface area contributed by atoms with Crippen molar-refractivity contribution in [1.29, 1.82) is 0 Å². The van der Waals surface area contributed by atoms with Gasteiger partial charge in [0, 0.05) is 32.7 Å². The van der Waals surface area contributed by atoms with E-state index in [0.29, 0.717) is 11.5 Å². The van der Waals surface area contributed by atoms with Crippen molar-refractivity contribution < 1.29 is 28.5 Å². The standard InChI is InChI=1S/C28H22O6/c29-11-15-33-23-7-3-17-1-5-21-19(9-13-31-21)25(17)27(23)28-24(34-16-12-30)8-4-18-2-6-22-20(26(18)28)10-14-32-22/h1-10,13-14,29-30H,11-12,15-16H2. The minimum absolute atomic E-state index is 0.108. The van der Waals surface area contributed by atoms with Crippen LogP contribution >= 0.6 is 0 Å². The van der Waals surface area contributed by atoms with Crippen LogP contribution < -0.4 is 9.47 Å². The minimum atomic E-state index is -0.108. The number of aliphatic hydroxyl groups excluding tert-OH is 2. The second kappa shape index (κ2) is 8.41. The van der Waals surface area contributed by atoms with E-state index in [0.717, 1.165) is 54.6 Å². The van der Waals surface area contributed by atoms with E-state index >= 15 is 0 Å². The Morgan fingerprint density at radius 3 is 1.44 bits per heavy atom. The van der Waals surface area contributed by atoms with Gasteiger partial charge >= 0.3 is 0 Å². The zero-order valence-corrected chi connectivity index (χ0v) is 18.3. The predicted molar refractivity (Wildman–Crippen MR) is 132 cm³/mol. The Balaban J connectivity index is 1.82. The van der Waals surface area contributed by atoms with Gasteiger partial charge in [-0.25, -0.2) is 0 Å². The Morgan fingerprint density at radius 1 is 0.559 bits per heavy atom. The van der Waals surface area contributed by atoms with Crippen LogP contribution in [0.4, 0.5) is 0 Å². The van der Waals surface area contributed by atoms with Gasteiger partial charge in [-0.3, -0.25) is 0 Å². The molecule has 170 valence electrons. The normalized spacial score (nSPS) is 11.7. The smallest absolute Gasteiger partial charge is 0.134 e. The number of fused-ring (bicyclic) bond motifs is 6. The highest BCUT2D eigenvalue weighted by Crippen LogP contribution is 2.49. The molecule has 0 atom stereocenters. The highest BCUT2D eigenvalue weighted by molar-refractivity contribution is 6.22. The number of aliphatic hydroxyl groups is 2. The molecule has 0 unspecified atom stereocenters. The number of hydrogen-bond acceptors (Lipinski definition) is 6. The Kier molecular flexibility index (Phi) is 5.09. The van der Waals surface area contributed by atoms with Gasteiger partial charge in [-0.1, -0.05) is 24.3 Å². The van der Waals surface area contributed by atoms with E-state index in [1.165, 1.54) is 0 Å². The van der Waals surface area contributed by atoms with Gasteiger partial charge < -0.3 is 28.5 Å². The SMILES string of the molecule is OCCOc1ccc2ccc3occc3c2c1-c1c(OCCO)ccc2ccc3occc3c12. The Morgan fingerprint density at radius 2 is 1.00 bits per heavy atom. The first kappa shape index (κ1) is 20.6. The van der Waals surface area contributed by atoms with Crippen molar-refractivity contribution in [2.45, 2.75) is 0 Å². The van der Waals surface area contributed by atoms with E-state index in [2.05, 4.69) is 0 Å². The summed E-state index contributed by atoms with van der Waals surface area (Å²) >= 11 is 0. The van der Waals surface area contributed by atoms with Crippen LogP contribution in [-0.4, -0.2) is 36.6 Å². The highest BCUT2D eigenvalue weighted by Gasteiger charge is 2.22. The Labute approximate surface area is 194 Å². The third-order valence-electron chi connectivity index (χ3n) is 6.10. The maximum absolute atomic E-state index is 9.49. The molecule has 0 aliphatic heterocycles. The zero-order valence-electron chi connectivity index (χ0n) is 18.3. The van der Waals surface area contributed by atoms with Crippen molar-refractivity contribution in [3.8, 4) is 22.6 Å². The largest absolute Gasteiger partial charge is 0.491 e. The molecular formula is C28H22O6. The van der Waals surface area contributed by atoms with Crippen molar-refractivity contribution in [2.24, 2.45) is 0 Å². The molecule has 34 heavy (non-hydrogen) atoms. The van der Waals surface area contributed by atoms with E-state index in [-0.39, 0.29) is 26.4 Å². The fourth-order valence-electron chi connectivity index (χ4n) is 4.75. The van der Waals surface area contributed by atoms with Crippen LogP contribution in [0.5, 0.6) is 11.5 Å². The summed E-state index contributed by atoms with van der Waals surface area (Å²) in [4.78, 5) is 0. The summed E-state index contributed by atoms with van der Waals surface area (Å²) in [6.45, 7) is 0.0860. The highest BCUT2D eigenvalue weighted by atomic mass is 16.5. The first-order chi connectivity index (χ1) is 16.8. The lowest BCUT2D eigenvalue weighted by molar-refractivity contribution is 0.200. The first-order valence-electron chi connectivity index (χ1n) is 11.1. The molecule has 2 aromatic heterocycles. The van der Waals surface area contributed by atoms with E-state index in [1.807, 2.05) is 60.7 Å². The lowest BCUT2D eigenvalue weighted by Crippen LogP contribution is -2.05. The third-order valence-corrected chi connectivity index (χ3v) is 6.10. The van der Waals surface area contributed by atoms with Crippen LogP contribution in [0, 0.1) is 0 Å². The maximum Gasteiger partial charge on any atom is 0.134 e. The quantitative estimate of drug-likeness (QED) is 0.313. The summed E-state index contributed by atoms with van der Waals surface area (Å²) in [7, 11) is 0. The van der Waals surface area contributed by atoms with Gasteiger partial charge in [-0.15, -0.1) is 0 Å². The Bertz CT molecular complexity index is 1520. The molecule has 6 nitrogen and oxygen atoms in total. The molecule has 0 saturated heterocycles. The predicted octanol–water partition coefficient (Wildman–Crippen LogP) is 5.89. The van der Waals surface area contributed by atoms with Crippen LogP contribution in [0.15, 0.2) is 82.0 Å². The molecule has 0 saturated carbocycles. The second-order valence-corrected chi connectivity index (χ2v) is 8.01.